The molecule has 23 heavy (non-hydrogen) atoms. The molecule has 0 atom stereocenters. The molecule has 122 valence electrons. The third kappa shape index (κ3) is 5.63. The van der Waals surface area contributed by atoms with Gasteiger partial charge in [0.05, 0.1) is 19.0 Å². The maximum Gasteiger partial charge on any atom is 0.257 e. The topological polar surface area (TPSA) is 63.2 Å². The van der Waals surface area contributed by atoms with E-state index < -0.39 is 5.82 Å². The average molecular weight is 335 g/mol. The lowest BCUT2D eigenvalue weighted by Gasteiger charge is -2.10. The quantitative estimate of drug-likeness (QED) is 0.842. The first-order valence-corrected chi connectivity index (χ1v) is 7.38. The number of aromatic nitrogens is 1. The van der Waals surface area contributed by atoms with Crippen LogP contribution in [0.3, 0.4) is 0 Å². The van der Waals surface area contributed by atoms with E-state index in [4.69, 9.17) is 17.0 Å². The van der Waals surface area contributed by atoms with Crippen LogP contribution in [0.15, 0.2) is 42.6 Å². The van der Waals surface area contributed by atoms with Gasteiger partial charge in [-0.3, -0.25) is 10.1 Å². The largest absolute Gasteiger partial charge is 0.479 e. The Morgan fingerprint density at radius 3 is 2.48 bits per heavy atom. The van der Waals surface area contributed by atoms with Gasteiger partial charge in [-0.25, -0.2) is 9.37 Å². The van der Waals surface area contributed by atoms with Crippen molar-refractivity contribution in [3.05, 3.63) is 54.0 Å². The Morgan fingerprint density at radius 1 is 1.26 bits per heavy atom. The van der Waals surface area contributed by atoms with Crippen molar-refractivity contribution in [2.45, 2.75) is 13.8 Å². The molecule has 2 aromatic rings. The number of hydrogen-bond acceptors (Lipinski definition) is 4. The molecule has 2 N–H and O–H groups in total. The fourth-order valence-corrected chi connectivity index (χ4v) is 1.78. The van der Waals surface area contributed by atoms with Crippen molar-refractivity contribution >= 4 is 28.9 Å². The second-order valence-corrected chi connectivity index (χ2v) is 4.40. The number of thiocarbonyl (C=S) groups is 1. The van der Waals surface area contributed by atoms with Crippen LogP contribution in [0.5, 0.6) is 5.88 Å². The van der Waals surface area contributed by atoms with Crippen LogP contribution in [0, 0.1) is 5.82 Å². The van der Waals surface area contributed by atoms with Crippen LogP contribution < -0.4 is 15.4 Å². The van der Waals surface area contributed by atoms with E-state index in [0.717, 1.165) is 0 Å². The van der Waals surface area contributed by atoms with E-state index >= 15 is 0 Å². The molecule has 0 unspecified atom stereocenters. The standard InChI is InChI=1S/C14H12FN3O2S.C2H6/c1-20-13-11(15)7-10(8-16-13)17-14(21)18-12(19)9-5-3-2-4-6-9;1-2/h2-8H,1H3,(H2,17,18,19,21);1-2H3. The number of rotatable bonds is 3. The third-order valence-electron chi connectivity index (χ3n) is 2.52. The van der Waals surface area contributed by atoms with Gasteiger partial charge in [-0.1, -0.05) is 32.0 Å². The molecule has 7 heteroatoms. The van der Waals surface area contributed by atoms with Gasteiger partial charge >= 0.3 is 0 Å². The van der Waals surface area contributed by atoms with E-state index in [9.17, 15) is 9.18 Å². The molecule has 0 aliphatic rings. The van der Waals surface area contributed by atoms with Gasteiger partial charge in [0, 0.05) is 11.6 Å². The fourth-order valence-electron chi connectivity index (χ4n) is 1.57. The Bertz CT molecular complexity index is 666. The summed E-state index contributed by atoms with van der Waals surface area (Å²) < 4.78 is 18.2. The summed E-state index contributed by atoms with van der Waals surface area (Å²) in [7, 11) is 1.32. The van der Waals surface area contributed by atoms with Crippen LogP contribution >= 0.6 is 12.2 Å². The molecule has 0 bridgehead atoms. The van der Waals surface area contributed by atoms with Crippen LogP contribution in [0.4, 0.5) is 10.1 Å². The number of pyridine rings is 1. The highest BCUT2D eigenvalue weighted by Crippen LogP contribution is 2.16. The zero-order valence-electron chi connectivity index (χ0n) is 13.1. The van der Waals surface area contributed by atoms with Crippen molar-refractivity contribution < 1.29 is 13.9 Å². The van der Waals surface area contributed by atoms with Crippen LogP contribution in [0.25, 0.3) is 0 Å². The van der Waals surface area contributed by atoms with Crippen molar-refractivity contribution in [2.24, 2.45) is 0 Å². The van der Waals surface area contributed by atoms with Crippen LogP contribution in [-0.2, 0) is 0 Å². The zero-order valence-corrected chi connectivity index (χ0v) is 13.9. The zero-order chi connectivity index (χ0) is 17.2. The van der Waals surface area contributed by atoms with Crippen LogP contribution in [0.2, 0.25) is 0 Å². The number of anilines is 1. The lowest BCUT2D eigenvalue weighted by atomic mass is 10.2. The van der Waals surface area contributed by atoms with Gasteiger partial charge in [0.25, 0.3) is 5.91 Å². The molecule has 5 nitrogen and oxygen atoms in total. The summed E-state index contributed by atoms with van der Waals surface area (Å²) in [5.74, 6) is -1.09. The SMILES string of the molecule is CC.COc1ncc(NC(=S)NC(=O)c2ccccc2)cc1F. The van der Waals surface area contributed by atoms with Crippen molar-refractivity contribution in [2.75, 3.05) is 12.4 Å². The first kappa shape index (κ1) is 18.5. The first-order valence-electron chi connectivity index (χ1n) is 6.97. The molecule has 0 fully saturated rings. The number of hydrogen-bond donors (Lipinski definition) is 2. The molecule has 1 amide bonds. The molecule has 0 aliphatic carbocycles. The second kappa shape index (κ2) is 9.47. The van der Waals surface area contributed by atoms with Gasteiger partial charge in [0.15, 0.2) is 10.9 Å². The number of carbonyl (C=O) groups excluding carboxylic acids is 1. The Morgan fingerprint density at radius 2 is 1.91 bits per heavy atom. The Balaban J connectivity index is 0.00000127. The maximum atomic E-state index is 13.5. The molecule has 0 radical (unpaired) electrons. The van der Waals surface area contributed by atoms with E-state index in [1.807, 2.05) is 13.8 Å². The molecular weight excluding hydrogens is 317 g/mol. The maximum absolute atomic E-state index is 13.5. The number of methoxy groups -OCH3 is 1. The fraction of sp³-hybridized carbons (Fsp3) is 0.188. The van der Waals surface area contributed by atoms with E-state index in [1.54, 1.807) is 30.3 Å². The highest BCUT2D eigenvalue weighted by molar-refractivity contribution is 7.80. The van der Waals surface area contributed by atoms with Crippen molar-refractivity contribution in [3.8, 4) is 5.88 Å². The van der Waals surface area contributed by atoms with E-state index in [0.29, 0.717) is 11.3 Å². The molecule has 0 saturated carbocycles. The number of halogens is 1. The van der Waals surface area contributed by atoms with E-state index in [1.165, 1.54) is 19.4 Å². The molecule has 1 aromatic heterocycles. The smallest absolute Gasteiger partial charge is 0.257 e. The lowest BCUT2D eigenvalue weighted by Crippen LogP contribution is -2.34. The van der Waals surface area contributed by atoms with E-state index in [-0.39, 0.29) is 16.9 Å². The van der Waals surface area contributed by atoms with Crippen molar-refractivity contribution in [3.63, 3.8) is 0 Å². The summed E-state index contributed by atoms with van der Waals surface area (Å²) in [5, 5.41) is 5.22. The summed E-state index contributed by atoms with van der Waals surface area (Å²) in [4.78, 5) is 15.6. The molecule has 0 aliphatic heterocycles. The summed E-state index contributed by atoms with van der Waals surface area (Å²) in [6, 6.07) is 9.79. The molecule has 1 heterocycles. The Labute approximate surface area is 139 Å². The summed E-state index contributed by atoms with van der Waals surface area (Å²) >= 11 is 4.99. The second-order valence-electron chi connectivity index (χ2n) is 3.99. The van der Waals surface area contributed by atoms with Crippen molar-refractivity contribution in [1.29, 1.82) is 0 Å². The summed E-state index contributed by atoms with van der Waals surface area (Å²) in [5.41, 5.74) is 0.785. The molecular formula is C16H18FN3O2S. The summed E-state index contributed by atoms with van der Waals surface area (Å²) in [6.45, 7) is 4.00. The van der Waals surface area contributed by atoms with Crippen molar-refractivity contribution in [1.82, 2.24) is 10.3 Å². The first-order chi connectivity index (χ1) is 11.1. The monoisotopic (exact) mass is 335 g/mol. The number of benzene rings is 1. The average Bonchev–Trinajstić information content (AvgIpc) is 2.57. The number of ether oxygens (including phenoxy) is 1. The highest BCUT2D eigenvalue weighted by atomic mass is 32.1. The molecule has 1 aromatic carbocycles. The minimum atomic E-state index is -0.625. The number of nitrogens with zero attached hydrogens (tertiary/aromatic N) is 1. The molecule has 2 rings (SSSR count). The van der Waals surface area contributed by atoms with Crippen LogP contribution in [0.1, 0.15) is 24.2 Å². The predicted molar refractivity (Wildman–Crippen MR) is 92.2 cm³/mol. The Kier molecular flexibility index (Phi) is 7.62. The predicted octanol–water partition coefficient (Wildman–Crippen LogP) is 3.38. The highest BCUT2D eigenvalue weighted by Gasteiger charge is 2.09. The van der Waals surface area contributed by atoms with Gasteiger partial charge in [-0.2, -0.15) is 0 Å². The van der Waals surface area contributed by atoms with Gasteiger partial charge in [-0.15, -0.1) is 0 Å². The summed E-state index contributed by atoms with van der Waals surface area (Å²) in [6.07, 6.45) is 1.35. The van der Waals surface area contributed by atoms with Gasteiger partial charge in [0.1, 0.15) is 0 Å². The number of amides is 1. The van der Waals surface area contributed by atoms with E-state index in [2.05, 4.69) is 15.6 Å². The van der Waals surface area contributed by atoms with Gasteiger partial charge < -0.3 is 10.1 Å². The van der Waals surface area contributed by atoms with Gasteiger partial charge in [-0.05, 0) is 24.4 Å². The Hall–Kier alpha value is -2.54. The minimum Gasteiger partial charge on any atom is -0.479 e. The molecule has 0 spiro atoms. The molecule has 0 saturated heterocycles. The number of nitrogens with one attached hydrogen (secondary N) is 2. The third-order valence-corrected chi connectivity index (χ3v) is 2.73. The number of carbonyl (C=O) groups is 1. The minimum absolute atomic E-state index is 0.0511. The van der Waals surface area contributed by atoms with Crippen LogP contribution in [-0.4, -0.2) is 23.1 Å². The lowest BCUT2D eigenvalue weighted by molar-refractivity contribution is 0.0977. The normalized spacial score (nSPS) is 9.22. The van der Waals surface area contributed by atoms with Gasteiger partial charge in [0.2, 0.25) is 5.88 Å².